The second-order valence-corrected chi connectivity index (χ2v) is 5.49. The molecule has 0 spiro atoms. The summed E-state index contributed by atoms with van der Waals surface area (Å²) in [5.74, 6) is 0. The highest BCUT2D eigenvalue weighted by Gasteiger charge is 2.37. The molecule has 0 N–H and O–H groups in total. The Morgan fingerprint density at radius 2 is 1.52 bits per heavy atom. The summed E-state index contributed by atoms with van der Waals surface area (Å²) < 4.78 is 78.8. The molecule has 1 aromatic carbocycles. The molecular formula is C17H14F6. The predicted molar refractivity (Wildman–Crippen MR) is 76.7 cm³/mol. The molecule has 0 aromatic heterocycles. The molecule has 0 bridgehead atoms. The van der Waals surface area contributed by atoms with Crippen LogP contribution in [0, 0.1) is 6.92 Å². The van der Waals surface area contributed by atoms with E-state index in [1.807, 2.05) is 0 Å². The lowest BCUT2D eigenvalue weighted by atomic mass is 9.92. The van der Waals surface area contributed by atoms with E-state index in [1.54, 1.807) is 0 Å². The SMILES string of the molecule is CC1=CC=C(c2ccc(C)cc2C(F)(F)F)CC(C(F)(F)F)=C1. The summed E-state index contributed by atoms with van der Waals surface area (Å²) in [6, 6.07) is 3.64. The van der Waals surface area contributed by atoms with Crippen molar-refractivity contribution in [2.45, 2.75) is 32.6 Å². The topological polar surface area (TPSA) is 0 Å². The summed E-state index contributed by atoms with van der Waals surface area (Å²) in [7, 11) is 0. The van der Waals surface area contributed by atoms with Crippen molar-refractivity contribution >= 4 is 5.57 Å². The lowest BCUT2D eigenvalue weighted by Crippen LogP contribution is -2.14. The number of alkyl halides is 6. The Hall–Kier alpha value is -1.98. The minimum Gasteiger partial charge on any atom is -0.166 e. The Morgan fingerprint density at radius 1 is 0.870 bits per heavy atom. The van der Waals surface area contributed by atoms with Crippen LogP contribution in [0.5, 0.6) is 0 Å². The number of benzene rings is 1. The zero-order valence-electron chi connectivity index (χ0n) is 12.4. The zero-order chi connectivity index (χ0) is 17.4. The lowest BCUT2D eigenvalue weighted by Gasteiger charge is -2.18. The maximum Gasteiger partial charge on any atom is 0.417 e. The van der Waals surface area contributed by atoms with Gasteiger partial charge < -0.3 is 0 Å². The van der Waals surface area contributed by atoms with E-state index >= 15 is 0 Å². The summed E-state index contributed by atoms with van der Waals surface area (Å²) in [4.78, 5) is 0. The van der Waals surface area contributed by atoms with Gasteiger partial charge in [0.2, 0.25) is 0 Å². The van der Waals surface area contributed by atoms with Gasteiger partial charge in [0.25, 0.3) is 0 Å². The number of aryl methyl sites for hydroxylation is 1. The first-order valence-electron chi connectivity index (χ1n) is 6.82. The molecule has 0 atom stereocenters. The number of rotatable bonds is 1. The Kier molecular flexibility index (Phi) is 4.46. The highest BCUT2D eigenvalue weighted by Crippen LogP contribution is 2.41. The second kappa shape index (κ2) is 5.91. The van der Waals surface area contributed by atoms with E-state index in [0.29, 0.717) is 11.1 Å². The van der Waals surface area contributed by atoms with E-state index in [9.17, 15) is 26.3 Å². The van der Waals surface area contributed by atoms with E-state index in [0.717, 1.165) is 12.1 Å². The van der Waals surface area contributed by atoms with Crippen LogP contribution in [-0.2, 0) is 6.18 Å². The van der Waals surface area contributed by atoms with Crippen molar-refractivity contribution in [1.82, 2.24) is 0 Å². The number of hydrogen-bond donors (Lipinski definition) is 0. The maximum atomic E-state index is 13.2. The minimum absolute atomic E-state index is 0.00208. The van der Waals surface area contributed by atoms with Crippen LogP contribution in [-0.4, -0.2) is 6.18 Å². The van der Waals surface area contributed by atoms with Crippen LogP contribution < -0.4 is 0 Å². The van der Waals surface area contributed by atoms with Crippen molar-refractivity contribution < 1.29 is 26.3 Å². The highest BCUT2D eigenvalue weighted by molar-refractivity contribution is 5.73. The van der Waals surface area contributed by atoms with E-state index in [-0.39, 0.29) is 11.1 Å². The Morgan fingerprint density at radius 3 is 2.09 bits per heavy atom. The quantitative estimate of drug-likeness (QED) is 0.534. The smallest absolute Gasteiger partial charge is 0.166 e. The average Bonchev–Trinajstić information content (AvgIpc) is 2.59. The van der Waals surface area contributed by atoms with Crippen LogP contribution in [0.1, 0.15) is 30.0 Å². The number of halogens is 6. The van der Waals surface area contributed by atoms with Gasteiger partial charge in [-0.05, 0) is 31.1 Å². The van der Waals surface area contributed by atoms with Gasteiger partial charge >= 0.3 is 12.4 Å². The predicted octanol–water partition coefficient (Wildman–Crippen LogP) is 6.24. The molecule has 0 radical (unpaired) electrons. The van der Waals surface area contributed by atoms with E-state index in [1.165, 1.54) is 38.1 Å². The molecule has 124 valence electrons. The Bertz CT molecular complexity index is 699. The molecule has 0 fully saturated rings. The van der Waals surface area contributed by atoms with Gasteiger partial charge in [0.05, 0.1) is 5.56 Å². The summed E-state index contributed by atoms with van der Waals surface area (Å²) in [5.41, 5.74) is -1.26. The first-order chi connectivity index (χ1) is 10.5. The molecule has 0 unspecified atom stereocenters. The van der Waals surface area contributed by atoms with Crippen molar-refractivity contribution in [3.63, 3.8) is 0 Å². The van der Waals surface area contributed by atoms with Gasteiger partial charge in [-0.3, -0.25) is 0 Å². The molecule has 0 heterocycles. The van der Waals surface area contributed by atoms with Crippen LogP contribution in [0.2, 0.25) is 0 Å². The molecule has 23 heavy (non-hydrogen) atoms. The van der Waals surface area contributed by atoms with Crippen LogP contribution in [0.3, 0.4) is 0 Å². The van der Waals surface area contributed by atoms with Crippen molar-refractivity contribution in [1.29, 1.82) is 0 Å². The monoisotopic (exact) mass is 332 g/mol. The third kappa shape index (κ3) is 4.06. The minimum atomic E-state index is -4.63. The molecule has 1 aromatic rings. The van der Waals surface area contributed by atoms with Crippen LogP contribution in [0.15, 0.2) is 47.6 Å². The van der Waals surface area contributed by atoms with Crippen molar-refractivity contribution in [3.8, 4) is 0 Å². The fourth-order valence-electron chi connectivity index (χ4n) is 2.41. The van der Waals surface area contributed by atoms with Gasteiger partial charge in [0.15, 0.2) is 0 Å². The second-order valence-electron chi connectivity index (χ2n) is 5.49. The van der Waals surface area contributed by atoms with Gasteiger partial charge in [-0.25, -0.2) is 0 Å². The van der Waals surface area contributed by atoms with Crippen LogP contribution in [0.4, 0.5) is 26.3 Å². The Labute approximate surface area is 129 Å². The van der Waals surface area contributed by atoms with Gasteiger partial charge in [0.1, 0.15) is 0 Å². The van der Waals surface area contributed by atoms with Gasteiger partial charge in [0, 0.05) is 12.0 Å². The number of hydrogen-bond acceptors (Lipinski definition) is 0. The van der Waals surface area contributed by atoms with E-state index < -0.39 is 29.9 Å². The summed E-state index contributed by atoms with van der Waals surface area (Å²) >= 11 is 0. The molecule has 0 aliphatic heterocycles. The fourth-order valence-corrected chi connectivity index (χ4v) is 2.41. The standard InChI is InChI=1S/C17H14F6/c1-10-3-5-12(9-13(7-10)16(18,19)20)14-6-4-11(2)8-15(14)17(21,22)23/h3-8H,9H2,1-2H3. The first-order valence-corrected chi connectivity index (χ1v) is 6.82. The molecule has 1 aliphatic carbocycles. The molecule has 0 saturated heterocycles. The molecule has 6 heteroatoms. The molecular weight excluding hydrogens is 318 g/mol. The molecule has 0 nitrogen and oxygen atoms in total. The van der Waals surface area contributed by atoms with Crippen LogP contribution >= 0.6 is 0 Å². The molecule has 1 aliphatic rings. The third-order valence-electron chi connectivity index (χ3n) is 3.52. The van der Waals surface area contributed by atoms with E-state index in [2.05, 4.69) is 0 Å². The average molecular weight is 332 g/mol. The van der Waals surface area contributed by atoms with Gasteiger partial charge in [-0.2, -0.15) is 26.3 Å². The summed E-state index contributed by atoms with van der Waals surface area (Å²) in [6.45, 7) is 2.98. The molecule has 2 rings (SSSR count). The largest absolute Gasteiger partial charge is 0.417 e. The first kappa shape index (κ1) is 17.4. The van der Waals surface area contributed by atoms with Crippen molar-refractivity contribution in [2.75, 3.05) is 0 Å². The van der Waals surface area contributed by atoms with Gasteiger partial charge in [-0.1, -0.05) is 41.5 Å². The summed E-state index contributed by atoms with van der Waals surface area (Å²) in [5, 5.41) is 0. The molecule has 0 saturated carbocycles. The highest BCUT2D eigenvalue weighted by atomic mass is 19.4. The van der Waals surface area contributed by atoms with Gasteiger partial charge in [-0.15, -0.1) is 0 Å². The lowest BCUT2D eigenvalue weighted by molar-refractivity contribution is -0.137. The fraction of sp³-hybridized carbons (Fsp3) is 0.294. The molecule has 0 amide bonds. The number of allylic oxidation sites excluding steroid dienone is 6. The maximum absolute atomic E-state index is 13.2. The normalized spacial score (nSPS) is 16.4. The van der Waals surface area contributed by atoms with E-state index in [4.69, 9.17) is 0 Å². The Balaban J connectivity index is 2.57. The van der Waals surface area contributed by atoms with Crippen molar-refractivity contribution in [3.05, 3.63) is 64.3 Å². The zero-order valence-corrected chi connectivity index (χ0v) is 12.4. The van der Waals surface area contributed by atoms with Crippen molar-refractivity contribution in [2.24, 2.45) is 0 Å². The van der Waals surface area contributed by atoms with Crippen LogP contribution in [0.25, 0.3) is 5.57 Å². The summed E-state index contributed by atoms with van der Waals surface area (Å²) in [6.07, 6.45) is -6.12. The third-order valence-corrected chi connectivity index (χ3v) is 3.52.